The van der Waals surface area contributed by atoms with Gasteiger partial charge in [-0.05, 0) is 38.3 Å². The van der Waals surface area contributed by atoms with Crippen LogP contribution < -0.4 is 10.1 Å². The summed E-state index contributed by atoms with van der Waals surface area (Å²) in [6, 6.07) is 3.88. The molecule has 0 aliphatic heterocycles. The number of rotatable bonds is 6. The molecule has 0 bridgehead atoms. The highest BCUT2D eigenvalue weighted by Crippen LogP contribution is 2.29. The average Bonchev–Trinajstić information content (AvgIpc) is 2.34. The molecule has 4 heteroatoms. The van der Waals surface area contributed by atoms with Crippen molar-refractivity contribution in [3.8, 4) is 5.75 Å². The first-order valence-corrected chi connectivity index (χ1v) is 7.22. The van der Waals surface area contributed by atoms with Crippen LogP contribution in [0.1, 0.15) is 30.4 Å². The van der Waals surface area contributed by atoms with Crippen LogP contribution in [-0.4, -0.2) is 18.3 Å². The summed E-state index contributed by atoms with van der Waals surface area (Å²) in [4.78, 5) is 11.8. The van der Waals surface area contributed by atoms with E-state index in [2.05, 4.69) is 21.2 Å². The highest BCUT2D eigenvalue weighted by atomic mass is 79.9. The van der Waals surface area contributed by atoms with Gasteiger partial charge < -0.3 is 10.1 Å². The number of anilines is 1. The number of benzene rings is 1. The minimum atomic E-state index is 0.0601. The summed E-state index contributed by atoms with van der Waals surface area (Å²) in [5, 5.41) is 3.88. The molecule has 1 amide bonds. The van der Waals surface area contributed by atoms with Gasteiger partial charge in [-0.15, -0.1) is 0 Å². The van der Waals surface area contributed by atoms with Gasteiger partial charge in [0.25, 0.3) is 0 Å². The Labute approximate surface area is 117 Å². The number of aryl methyl sites for hydroxylation is 1. The molecule has 0 spiro atoms. The molecule has 0 aliphatic rings. The van der Waals surface area contributed by atoms with Gasteiger partial charge in [0.05, 0.1) is 7.11 Å². The number of alkyl halides is 1. The Morgan fingerprint density at radius 1 is 1.33 bits per heavy atom. The van der Waals surface area contributed by atoms with Gasteiger partial charge in [0.1, 0.15) is 5.75 Å². The lowest BCUT2D eigenvalue weighted by molar-refractivity contribution is -0.116. The van der Waals surface area contributed by atoms with Crippen LogP contribution in [0.2, 0.25) is 0 Å². The molecule has 1 rings (SSSR count). The molecular formula is C14H20BrNO2. The first-order valence-electron chi connectivity index (χ1n) is 6.10. The number of hydrogen-bond acceptors (Lipinski definition) is 2. The number of amides is 1. The third-order valence-corrected chi connectivity index (χ3v) is 3.43. The van der Waals surface area contributed by atoms with E-state index in [0.29, 0.717) is 6.42 Å². The van der Waals surface area contributed by atoms with Crippen molar-refractivity contribution in [2.24, 2.45) is 0 Å². The van der Waals surface area contributed by atoms with E-state index in [4.69, 9.17) is 4.74 Å². The van der Waals surface area contributed by atoms with Gasteiger partial charge in [0.2, 0.25) is 5.91 Å². The maximum Gasteiger partial charge on any atom is 0.224 e. The Morgan fingerprint density at radius 3 is 2.67 bits per heavy atom. The SMILES string of the molecule is COc1c(C)ccc(NC(=O)CCCCBr)c1C. The van der Waals surface area contributed by atoms with Gasteiger partial charge in [-0.1, -0.05) is 22.0 Å². The summed E-state index contributed by atoms with van der Waals surface area (Å²) in [5.41, 5.74) is 2.89. The molecule has 3 nitrogen and oxygen atoms in total. The molecule has 0 saturated heterocycles. The molecule has 18 heavy (non-hydrogen) atoms. The summed E-state index contributed by atoms with van der Waals surface area (Å²) in [6.45, 7) is 3.95. The minimum Gasteiger partial charge on any atom is -0.496 e. The lowest BCUT2D eigenvalue weighted by atomic mass is 10.1. The largest absolute Gasteiger partial charge is 0.496 e. The summed E-state index contributed by atoms with van der Waals surface area (Å²) >= 11 is 3.36. The summed E-state index contributed by atoms with van der Waals surface area (Å²) < 4.78 is 5.34. The topological polar surface area (TPSA) is 38.3 Å². The van der Waals surface area contributed by atoms with Crippen LogP contribution in [0.5, 0.6) is 5.75 Å². The number of unbranched alkanes of at least 4 members (excludes halogenated alkanes) is 1. The molecule has 1 aromatic carbocycles. The van der Waals surface area contributed by atoms with Crippen LogP contribution in [0, 0.1) is 13.8 Å². The van der Waals surface area contributed by atoms with Crippen LogP contribution in [0.15, 0.2) is 12.1 Å². The molecular weight excluding hydrogens is 294 g/mol. The van der Waals surface area contributed by atoms with Gasteiger partial charge in [-0.2, -0.15) is 0 Å². The fourth-order valence-electron chi connectivity index (χ4n) is 1.87. The third-order valence-electron chi connectivity index (χ3n) is 2.87. The molecule has 1 aromatic rings. The average molecular weight is 314 g/mol. The number of carbonyl (C=O) groups is 1. The molecule has 0 atom stereocenters. The molecule has 0 fully saturated rings. The van der Waals surface area contributed by atoms with E-state index in [1.165, 1.54) is 0 Å². The number of nitrogens with one attached hydrogen (secondary N) is 1. The van der Waals surface area contributed by atoms with Crippen molar-refractivity contribution in [1.29, 1.82) is 0 Å². The second-order valence-corrected chi connectivity index (χ2v) is 5.08. The monoisotopic (exact) mass is 313 g/mol. The zero-order chi connectivity index (χ0) is 13.5. The van der Waals surface area contributed by atoms with Gasteiger partial charge >= 0.3 is 0 Å². The Morgan fingerprint density at radius 2 is 2.06 bits per heavy atom. The molecule has 100 valence electrons. The van der Waals surface area contributed by atoms with Crippen molar-refractivity contribution in [2.45, 2.75) is 33.1 Å². The molecule has 1 N–H and O–H groups in total. The molecule has 0 unspecified atom stereocenters. The first kappa shape index (κ1) is 15.0. The maximum absolute atomic E-state index is 11.8. The highest BCUT2D eigenvalue weighted by molar-refractivity contribution is 9.09. The quantitative estimate of drug-likeness (QED) is 0.640. The second-order valence-electron chi connectivity index (χ2n) is 4.28. The van der Waals surface area contributed by atoms with Crippen LogP contribution in [0.4, 0.5) is 5.69 Å². The van der Waals surface area contributed by atoms with E-state index >= 15 is 0 Å². The van der Waals surface area contributed by atoms with Crippen molar-refractivity contribution in [3.05, 3.63) is 23.3 Å². The second kappa shape index (κ2) is 7.41. The van der Waals surface area contributed by atoms with E-state index < -0.39 is 0 Å². The third kappa shape index (κ3) is 4.02. The number of carbonyl (C=O) groups excluding carboxylic acids is 1. The predicted molar refractivity (Wildman–Crippen MR) is 78.7 cm³/mol. The van der Waals surface area contributed by atoms with Crippen molar-refractivity contribution >= 4 is 27.5 Å². The Balaban J connectivity index is 2.70. The normalized spacial score (nSPS) is 10.2. The zero-order valence-corrected chi connectivity index (χ0v) is 12.8. The van der Waals surface area contributed by atoms with Crippen molar-refractivity contribution in [3.63, 3.8) is 0 Å². The van der Waals surface area contributed by atoms with Crippen molar-refractivity contribution < 1.29 is 9.53 Å². The molecule has 0 saturated carbocycles. The van der Waals surface area contributed by atoms with E-state index in [0.717, 1.165) is 40.7 Å². The molecule has 0 aliphatic carbocycles. The number of hydrogen-bond donors (Lipinski definition) is 1. The first-order chi connectivity index (χ1) is 8.60. The van der Waals surface area contributed by atoms with Crippen LogP contribution in [0.25, 0.3) is 0 Å². The van der Waals surface area contributed by atoms with Gasteiger partial charge in [-0.3, -0.25) is 4.79 Å². The van der Waals surface area contributed by atoms with Crippen molar-refractivity contribution in [2.75, 3.05) is 17.8 Å². The molecule has 0 radical (unpaired) electrons. The minimum absolute atomic E-state index is 0.0601. The molecule has 0 heterocycles. The van der Waals surface area contributed by atoms with Crippen LogP contribution >= 0.6 is 15.9 Å². The standard InChI is InChI=1S/C14H20BrNO2/c1-10-7-8-12(11(2)14(10)18-3)16-13(17)6-4-5-9-15/h7-8H,4-6,9H2,1-3H3,(H,16,17). The van der Waals surface area contributed by atoms with E-state index in [1.54, 1.807) is 7.11 Å². The fourth-order valence-corrected chi connectivity index (χ4v) is 2.27. The Hall–Kier alpha value is -1.03. The van der Waals surface area contributed by atoms with E-state index in [-0.39, 0.29) is 5.91 Å². The maximum atomic E-state index is 11.8. The molecule has 0 aromatic heterocycles. The van der Waals surface area contributed by atoms with Crippen LogP contribution in [-0.2, 0) is 4.79 Å². The van der Waals surface area contributed by atoms with E-state index in [9.17, 15) is 4.79 Å². The van der Waals surface area contributed by atoms with Gasteiger partial charge in [-0.25, -0.2) is 0 Å². The highest BCUT2D eigenvalue weighted by Gasteiger charge is 2.10. The van der Waals surface area contributed by atoms with Crippen molar-refractivity contribution in [1.82, 2.24) is 0 Å². The zero-order valence-electron chi connectivity index (χ0n) is 11.2. The summed E-state index contributed by atoms with van der Waals surface area (Å²) in [6.07, 6.45) is 2.48. The number of ether oxygens (including phenoxy) is 1. The Bertz CT molecular complexity index is 419. The summed E-state index contributed by atoms with van der Waals surface area (Å²) in [7, 11) is 1.65. The summed E-state index contributed by atoms with van der Waals surface area (Å²) in [5.74, 6) is 0.901. The Kier molecular flexibility index (Phi) is 6.19. The predicted octanol–water partition coefficient (Wildman–Crippen LogP) is 3.82. The lowest BCUT2D eigenvalue weighted by Gasteiger charge is -2.13. The van der Waals surface area contributed by atoms with Gasteiger partial charge in [0.15, 0.2) is 0 Å². The van der Waals surface area contributed by atoms with Crippen LogP contribution in [0.3, 0.4) is 0 Å². The van der Waals surface area contributed by atoms with E-state index in [1.807, 2.05) is 26.0 Å². The number of halogens is 1. The smallest absolute Gasteiger partial charge is 0.224 e. The fraction of sp³-hybridized carbons (Fsp3) is 0.500. The number of methoxy groups -OCH3 is 1. The lowest BCUT2D eigenvalue weighted by Crippen LogP contribution is -2.12. The van der Waals surface area contributed by atoms with Gasteiger partial charge in [0, 0.05) is 23.0 Å².